The summed E-state index contributed by atoms with van der Waals surface area (Å²) in [4.78, 5) is 10.6. The average Bonchev–Trinajstić information content (AvgIpc) is 3.56. The van der Waals surface area contributed by atoms with Gasteiger partial charge in [0.25, 0.3) is 0 Å². The summed E-state index contributed by atoms with van der Waals surface area (Å²) in [6, 6.07) is 69.0. The molecule has 2 heterocycles. The van der Waals surface area contributed by atoms with Crippen molar-refractivity contribution in [2.45, 2.75) is 5.41 Å². The minimum absolute atomic E-state index is 0.502. The van der Waals surface area contributed by atoms with E-state index in [2.05, 4.69) is 170 Å². The maximum Gasteiger partial charge on any atom is 0.160 e. The molecule has 0 unspecified atom stereocenters. The molecule has 0 amide bonds. The SMILES string of the molecule is c1ccc(-c2nc(-c3ccc4c(c3)-c3cccc5cccc(c35)O4)cc(-c3cccc4c3-c3ccccc3C4(c3ccccc3)c3ccccc3)n2)cc1. The van der Waals surface area contributed by atoms with Crippen LogP contribution in [0.4, 0.5) is 0 Å². The lowest BCUT2D eigenvalue weighted by molar-refractivity contribution is 0.487. The smallest absolute Gasteiger partial charge is 0.160 e. The number of ether oxygens (including phenoxy) is 1. The third kappa shape index (κ3) is 4.49. The molecule has 2 aliphatic rings. The van der Waals surface area contributed by atoms with Gasteiger partial charge in [0, 0.05) is 27.6 Å². The first-order valence-electron chi connectivity index (χ1n) is 18.4. The van der Waals surface area contributed by atoms with Gasteiger partial charge in [0.2, 0.25) is 0 Å². The van der Waals surface area contributed by atoms with Crippen LogP contribution in [0.2, 0.25) is 0 Å². The van der Waals surface area contributed by atoms with Gasteiger partial charge in [-0.05, 0) is 74.7 Å². The van der Waals surface area contributed by atoms with Crippen molar-refractivity contribution in [1.82, 2.24) is 9.97 Å². The number of hydrogen-bond acceptors (Lipinski definition) is 3. The van der Waals surface area contributed by atoms with Crippen LogP contribution in [0.3, 0.4) is 0 Å². The van der Waals surface area contributed by atoms with Gasteiger partial charge in [0.1, 0.15) is 11.5 Å². The Labute approximate surface area is 313 Å². The summed E-state index contributed by atoms with van der Waals surface area (Å²) in [5.74, 6) is 2.42. The van der Waals surface area contributed by atoms with Crippen LogP contribution in [-0.2, 0) is 5.41 Å². The van der Waals surface area contributed by atoms with Crippen molar-refractivity contribution in [3.63, 3.8) is 0 Å². The van der Waals surface area contributed by atoms with Crippen molar-refractivity contribution in [2.75, 3.05) is 0 Å². The first kappa shape index (κ1) is 30.5. The molecule has 0 radical (unpaired) electrons. The number of aromatic nitrogens is 2. The number of hydrogen-bond donors (Lipinski definition) is 0. The van der Waals surface area contributed by atoms with Gasteiger partial charge >= 0.3 is 0 Å². The topological polar surface area (TPSA) is 35.0 Å². The maximum absolute atomic E-state index is 6.47. The van der Waals surface area contributed by atoms with Crippen molar-refractivity contribution < 1.29 is 4.74 Å². The zero-order valence-corrected chi connectivity index (χ0v) is 29.3. The predicted molar refractivity (Wildman–Crippen MR) is 219 cm³/mol. The largest absolute Gasteiger partial charge is 0.456 e. The monoisotopic (exact) mass is 688 g/mol. The fourth-order valence-corrected chi connectivity index (χ4v) is 8.88. The van der Waals surface area contributed by atoms with Gasteiger partial charge in [0.15, 0.2) is 5.82 Å². The summed E-state index contributed by atoms with van der Waals surface area (Å²) in [6.45, 7) is 0. The second kappa shape index (κ2) is 12.0. The minimum Gasteiger partial charge on any atom is -0.456 e. The lowest BCUT2D eigenvalue weighted by Crippen LogP contribution is -2.28. The molecule has 0 N–H and O–H groups in total. The van der Waals surface area contributed by atoms with E-state index in [0.717, 1.165) is 55.9 Å². The normalized spacial score (nSPS) is 13.1. The fourth-order valence-electron chi connectivity index (χ4n) is 8.88. The standard InChI is InChI=1S/C51H32N2O/c1-4-15-34(16-5-1)50-52-44(35-29-30-46-41(31-35)38-24-12-17-33-18-13-28-47(54-46)48(33)38)32-45(53-50)40-25-14-27-43-49(40)39-23-10-11-26-42(39)51(43,36-19-6-2-7-20-36)37-21-8-3-9-22-37/h1-32H. The Morgan fingerprint density at radius 2 is 1.00 bits per heavy atom. The van der Waals surface area contributed by atoms with E-state index in [9.17, 15) is 0 Å². The first-order chi connectivity index (χ1) is 26.8. The molecule has 1 aliphatic heterocycles. The Balaban J connectivity index is 1.16. The van der Waals surface area contributed by atoms with E-state index in [-0.39, 0.29) is 0 Å². The molecule has 0 fully saturated rings. The van der Waals surface area contributed by atoms with Crippen molar-refractivity contribution in [2.24, 2.45) is 0 Å². The fraction of sp³-hybridized carbons (Fsp3) is 0.0196. The molecule has 0 bridgehead atoms. The number of fused-ring (bicyclic) bond motifs is 5. The van der Waals surface area contributed by atoms with Gasteiger partial charge in [-0.25, -0.2) is 9.97 Å². The van der Waals surface area contributed by atoms with Crippen LogP contribution in [0.1, 0.15) is 22.3 Å². The van der Waals surface area contributed by atoms with Crippen LogP contribution in [0, 0.1) is 0 Å². The lowest BCUT2D eigenvalue weighted by atomic mass is 9.67. The van der Waals surface area contributed by atoms with Crippen LogP contribution in [0.25, 0.3) is 66.9 Å². The molecule has 9 aromatic rings. The maximum atomic E-state index is 6.47. The van der Waals surface area contributed by atoms with Gasteiger partial charge in [-0.15, -0.1) is 0 Å². The molecular weight excluding hydrogens is 657 g/mol. The van der Waals surface area contributed by atoms with Crippen LogP contribution in [-0.4, -0.2) is 9.97 Å². The molecule has 54 heavy (non-hydrogen) atoms. The number of benzene rings is 8. The van der Waals surface area contributed by atoms with Crippen LogP contribution >= 0.6 is 0 Å². The van der Waals surface area contributed by atoms with Gasteiger partial charge in [-0.3, -0.25) is 0 Å². The molecule has 0 saturated carbocycles. The summed E-state index contributed by atoms with van der Waals surface area (Å²) in [5.41, 5.74) is 13.9. The Hall–Kier alpha value is -7.10. The average molecular weight is 689 g/mol. The number of rotatable bonds is 5. The Kier molecular flexibility index (Phi) is 6.77. The molecule has 3 nitrogen and oxygen atoms in total. The van der Waals surface area contributed by atoms with Crippen molar-refractivity contribution >= 4 is 10.8 Å². The zero-order valence-electron chi connectivity index (χ0n) is 29.3. The first-order valence-corrected chi connectivity index (χ1v) is 18.4. The summed E-state index contributed by atoms with van der Waals surface area (Å²) < 4.78 is 6.47. The molecule has 1 aliphatic carbocycles. The second-order valence-corrected chi connectivity index (χ2v) is 14.1. The number of nitrogens with zero attached hydrogens (tertiary/aromatic N) is 2. The van der Waals surface area contributed by atoms with Gasteiger partial charge < -0.3 is 4.74 Å². The van der Waals surface area contributed by atoms with E-state index < -0.39 is 5.41 Å². The van der Waals surface area contributed by atoms with Gasteiger partial charge in [0.05, 0.1) is 16.8 Å². The minimum atomic E-state index is -0.502. The Morgan fingerprint density at radius 1 is 0.389 bits per heavy atom. The highest BCUT2D eigenvalue weighted by Crippen LogP contribution is 2.58. The molecular formula is C51H32N2O. The van der Waals surface area contributed by atoms with Crippen molar-refractivity contribution in [3.05, 3.63) is 216 Å². The molecule has 11 rings (SSSR count). The van der Waals surface area contributed by atoms with Crippen LogP contribution in [0.5, 0.6) is 11.5 Å². The third-order valence-corrected chi connectivity index (χ3v) is 11.2. The predicted octanol–water partition coefficient (Wildman–Crippen LogP) is 12.8. The Morgan fingerprint density at radius 3 is 1.78 bits per heavy atom. The highest BCUT2D eigenvalue weighted by Gasteiger charge is 2.46. The molecule has 8 aromatic carbocycles. The van der Waals surface area contributed by atoms with E-state index in [4.69, 9.17) is 14.7 Å². The zero-order chi connectivity index (χ0) is 35.6. The molecule has 3 heteroatoms. The van der Waals surface area contributed by atoms with E-state index in [1.54, 1.807) is 0 Å². The summed E-state index contributed by atoms with van der Waals surface area (Å²) >= 11 is 0. The highest BCUT2D eigenvalue weighted by atomic mass is 16.5. The van der Waals surface area contributed by atoms with E-state index in [1.165, 1.54) is 38.9 Å². The second-order valence-electron chi connectivity index (χ2n) is 14.1. The van der Waals surface area contributed by atoms with Crippen molar-refractivity contribution in [3.8, 4) is 67.7 Å². The summed E-state index contributed by atoms with van der Waals surface area (Å²) in [5, 5.41) is 2.30. The Bertz CT molecular complexity index is 2860. The third-order valence-electron chi connectivity index (χ3n) is 11.2. The summed E-state index contributed by atoms with van der Waals surface area (Å²) in [7, 11) is 0. The molecule has 252 valence electrons. The van der Waals surface area contributed by atoms with Crippen LogP contribution in [0.15, 0.2) is 194 Å². The van der Waals surface area contributed by atoms with E-state index in [1.807, 2.05) is 24.3 Å². The molecule has 0 spiro atoms. The van der Waals surface area contributed by atoms with Crippen LogP contribution < -0.4 is 4.74 Å². The van der Waals surface area contributed by atoms with Gasteiger partial charge in [-0.1, -0.05) is 164 Å². The van der Waals surface area contributed by atoms with Gasteiger partial charge in [-0.2, -0.15) is 0 Å². The lowest BCUT2D eigenvalue weighted by Gasteiger charge is -2.33. The molecule has 0 saturated heterocycles. The molecule has 0 atom stereocenters. The summed E-state index contributed by atoms with van der Waals surface area (Å²) in [6.07, 6.45) is 0. The quantitative estimate of drug-likeness (QED) is 0.181. The van der Waals surface area contributed by atoms with Crippen molar-refractivity contribution in [1.29, 1.82) is 0 Å². The highest BCUT2D eigenvalue weighted by molar-refractivity contribution is 6.04. The molecule has 1 aromatic heterocycles. The van der Waals surface area contributed by atoms with E-state index >= 15 is 0 Å². The van der Waals surface area contributed by atoms with E-state index in [0.29, 0.717) is 5.82 Å².